The zero-order chi connectivity index (χ0) is 22.3. The molecule has 30 heavy (non-hydrogen) atoms. The fraction of sp³-hybridized carbons (Fsp3) is 0.333. The molecule has 0 aliphatic heterocycles. The van der Waals surface area contributed by atoms with E-state index in [0.29, 0.717) is 31.4 Å². The van der Waals surface area contributed by atoms with Crippen LogP contribution in [0, 0.1) is 0 Å². The Morgan fingerprint density at radius 2 is 1.77 bits per heavy atom. The first-order valence-corrected chi connectivity index (χ1v) is 10.7. The summed E-state index contributed by atoms with van der Waals surface area (Å²) < 4.78 is 0. The Morgan fingerprint density at radius 1 is 1.10 bits per heavy atom. The SMILES string of the molecule is CNCCC(/C(CN(C)C(=O)c1cc(Cl)cc(Cl)c1)=N/OC)c1ccc(Cl)c(Cl)c1. The van der Waals surface area contributed by atoms with E-state index in [-0.39, 0.29) is 18.4 Å². The fourth-order valence-corrected chi connectivity index (χ4v) is 3.91. The van der Waals surface area contributed by atoms with E-state index in [2.05, 4.69) is 10.5 Å². The first-order chi connectivity index (χ1) is 14.3. The summed E-state index contributed by atoms with van der Waals surface area (Å²) in [6, 6.07) is 10.2. The first-order valence-electron chi connectivity index (χ1n) is 9.17. The third-order valence-electron chi connectivity index (χ3n) is 4.50. The minimum Gasteiger partial charge on any atom is -0.399 e. The Bertz CT molecular complexity index is 901. The third-order valence-corrected chi connectivity index (χ3v) is 5.67. The van der Waals surface area contributed by atoms with E-state index in [1.54, 1.807) is 36.2 Å². The Morgan fingerprint density at radius 3 is 2.33 bits per heavy atom. The Balaban J connectivity index is 2.32. The van der Waals surface area contributed by atoms with Gasteiger partial charge in [0.05, 0.1) is 22.3 Å². The van der Waals surface area contributed by atoms with E-state index in [1.807, 2.05) is 19.2 Å². The molecule has 0 aromatic heterocycles. The molecule has 0 bridgehead atoms. The molecule has 0 fully saturated rings. The van der Waals surface area contributed by atoms with Crippen molar-refractivity contribution in [3.05, 3.63) is 67.6 Å². The van der Waals surface area contributed by atoms with Crippen molar-refractivity contribution < 1.29 is 9.63 Å². The summed E-state index contributed by atoms with van der Waals surface area (Å²) >= 11 is 24.4. The van der Waals surface area contributed by atoms with E-state index in [0.717, 1.165) is 18.5 Å². The van der Waals surface area contributed by atoms with Crippen LogP contribution in [0.5, 0.6) is 0 Å². The van der Waals surface area contributed by atoms with E-state index in [9.17, 15) is 4.79 Å². The van der Waals surface area contributed by atoms with Crippen LogP contribution >= 0.6 is 46.4 Å². The highest BCUT2D eigenvalue weighted by molar-refractivity contribution is 6.42. The highest BCUT2D eigenvalue weighted by atomic mass is 35.5. The smallest absolute Gasteiger partial charge is 0.254 e. The zero-order valence-electron chi connectivity index (χ0n) is 16.9. The lowest BCUT2D eigenvalue weighted by atomic mass is 9.90. The number of nitrogens with one attached hydrogen (secondary N) is 1. The van der Waals surface area contributed by atoms with Crippen molar-refractivity contribution in [1.29, 1.82) is 0 Å². The van der Waals surface area contributed by atoms with Crippen LogP contribution in [0.25, 0.3) is 0 Å². The molecule has 0 saturated carbocycles. The molecular formula is C21H23Cl4N3O2. The fourth-order valence-electron chi connectivity index (χ4n) is 3.08. The third kappa shape index (κ3) is 6.76. The molecule has 0 aliphatic rings. The molecule has 1 amide bonds. The highest BCUT2D eigenvalue weighted by Crippen LogP contribution is 2.29. The van der Waals surface area contributed by atoms with Crippen molar-refractivity contribution in [3.63, 3.8) is 0 Å². The number of hydrogen-bond acceptors (Lipinski definition) is 4. The monoisotopic (exact) mass is 489 g/mol. The van der Waals surface area contributed by atoms with Crippen LogP contribution in [0.1, 0.15) is 28.3 Å². The largest absolute Gasteiger partial charge is 0.399 e. The van der Waals surface area contributed by atoms with Gasteiger partial charge in [0.15, 0.2) is 0 Å². The number of rotatable bonds is 9. The van der Waals surface area contributed by atoms with Crippen molar-refractivity contribution >= 4 is 58.0 Å². The zero-order valence-corrected chi connectivity index (χ0v) is 19.9. The summed E-state index contributed by atoms with van der Waals surface area (Å²) in [5, 5.41) is 9.09. The van der Waals surface area contributed by atoms with Gasteiger partial charge in [-0.15, -0.1) is 0 Å². The van der Waals surface area contributed by atoms with Crippen LogP contribution < -0.4 is 5.32 Å². The summed E-state index contributed by atoms with van der Waals surface area (Å²) in [5.41, 5.74) is 2.00. The Labute approximate surface area is 196 Å². The van der Waals surface area contributed by atoms with E-state index < -0.39 is 0 Å². The number of hydrogen-bond donors (Lipinski definition) is 1. The average molecular weight is 491 g/mol. The van der Waals surface area contributed by atoms with Gasteiger partial charge in [0.25, 0.3) is 5.91 Å². The van der Waals surface area contributed by atoms with Gasteiger partial charge < -0.3 is 15.1 Å². The molecule has 2 aromatic rings. The average Bonchev–Trinajstić information content (AvgIpc) is 2.69. The van der Waals surface area contributed by atoms with Gasteiger partial charge in [-0.05, 0) is 55.9 Å². The highest BCUT2D eigenvalue weighted by Gasteiger charge is 2.24. The van der Waals surface area contributed by atoms with Crippen LogP contribution in [0.4, 0.5) is 0 Å². The number of nitrogens with zero attached hydrogens (tertiary/aromatic N) is 2. The molecule has 1 N–H and O–H groups in total. The molecular weight excluding hydrogens is 468 g/mol. The second kappa shape index (κ2) is 11.8. The van der Waals surface area contributed by atoms with E-state index in [1.165, 1.54) is 7.11 Å². The number of halogens is 4. The summed E-state index contributed by atoms with van der Waals surface area (Å²) in [6.45, 7) is 0.973. The maximum absolute atomic E-state index is 12.9. The molecule has 1 atom stereocenters. The van der Waals surface area contributed by atoms with Gasteiger partial charge in [-0.1, -0.05) is 57.6 Å². The van der Waals surface area contributed by atoms with Crippen LogP contribution in [0.2, 0.25) is 20.1 Å². The van der Waals surface area contributed by atoms with Crippen molar-refractivity contribution in [1.82, 2.24) is 10.2 Å². The summed E-state index contributed by atoms with van der Waals surface area (Å²) in [5.74, 6) is -0.366. The normalized spacial score (nSPS) is 12.6. The molecule has 0 heterocycles. The first kappa shape index (κ1) is 24.8. The summed E-state index contributed by atoms with van der Waals surface area (Å²) in [6.07, 6.45) is 0.724. The maximum Gasteiger partial charge on any atom is 0.254 e. The number of oxime groups is 1. The topological polar surface area (TPSA) is 53.9 Å². The second-order valence-corrected chi connectivity index (χ2v) is 8.39. The van der Waals surface area contributed by atoms with E-state index in [4.69, 9.17) is 51.2 Å². The predicted octanol–water partition coefficient (Wildman–Crippen LogP) is 5.77. The minimum absolute atomic E-state index is 0.134. The minimum atomic E-state index is -0.232. The van der Waals surface area contributed by atoms with Gasteiger partial charge in [-0.3, -0.25) is 4.79 Å². The number of carbonyl (C=O) groups is 1. The van der Waals surface area contributed by atoms with Gasteiger partial charge in [0.1, 0.15) is 7.11 Å². The second-order valence-electron chi connectivity index (χ2n) is 6.70. The molecule has 1 unspecified atom stereocenters. The van der Waals surface area contributed by atoms with Crippen LogP contribution in [-0.2, 0) is 4.84 Å². The summed E-state index contributed by atoms with van der Waals surface area (Å²) in [4.78, 5) is 19.6. The van der Waals surface area contributed by atoms with Gasteiger partial charge in [-0.25, -0.2) is 0 Å². The lowest BCUT2D eigenvalue weighted by Crippen LogP contribution is -2.35. The molecule has 9 heteroatoms. The van der Waals surface area contributed by atoms with Crippen molar-refractivity contribution in [3.8, 4) is 0 Å². The Kier molecular flexibility index (Phi) is 9.72. The van der Waals surface area contributed by atoms with Gasteiger partial charge in [0, 0.05) is 28.6 Å². The van der Waals surface area contributed by atoms with Gasteiger partial charge in [0.2, 0.25) is 0 Å². The quantitative estimate of drug-likeness (QED) is 0.358. The number of amides is 1. The van der Waals surface area contributed by atoms with Crippen molar-refractivity contribution in [2.45, 2.75) is 12.3 Å². The molecule has 0 spiro atoms. The predicted molar refractivity (Wildman–Crippen MR) is 126 cm³/mol. The van der Waals surface area contributed by atoms with Crippen LogP contribution in [-0.4, -0.2) is 50.8 Å². The van der Waals surface area contributed by atoms with Gasteiger partial charge in [-0.2, -0.15) is 0 Å². The van der Waals surface area contributed by atoms with Crippen LogP contribution in [0.15, 0.2) is 41.6 Å². The lowest BCUT2D eigenvalue weighted by molar-refractivity contribution is 0.0812. The maximum atomic E-state index is 12.9. The molecule has 162 valence electrons. The van der Waals surface area contributed by atoms with Crippen LogP contribution in [0.3, 0.4) is 0 Å². The molecule has 2 rings (SSSR count). The summed E-state index contributed by atoms with van der Waals surface area (Å²) in [7, 11) is 5.03. The number of benzene rings is 2. The lowest BCUT2D eigenvalue weighted by Gasteiger charge is -2.24. The molecule has 0 saturated heterocycles. The van der Waals surface area contributed by atoms with Crippen molar-refractivity contribution in [2.24, 2.45) is 5.16 Å². The molecule has 0 radical (unpaired) electrons. The molecule has 5 nitrogen and oxygen atoms in total. The number of carbonyl (C=O) groups excluding carboxylic acids is 1. The molecule has 2 aromatic carbocycles. The van der Waals surface area contributed by atoms with Gasteiger partial charge >= 0.3 is 0 Å². The molecule has 0 aliphatic carbocycles. The van der Waals surface area contributed by atoms with E-state index >= 15 is 0 Å². The van der Waals surface area contributed by atoms with Crippen molar-refractivity contribution in [2.75, 3.05) is 34.3 Å². The Hall–Kier alpha value is -1.50. The standard InChI is InChI=1S/C21H23Cl4N3O2/c1-26-7-6-17(13-4-5-18(24)19(25)10-13)20(27-30-3)12-28(2)21(29)14-8-15(22)11-16(23)9-14/h4-5,8-11,17,26H,6-7,12H2,1-3H3/b27-20+.